The van der Waals surface area contributed by atoms with E-state index in [-0.39, 0.29) is 11.9 Å². The maximum Gasteiger partial charge on any atom is 0.257 e. The number of nitrogens with one attached hydrogen (secondary N) is 1. The van der Waals surface area contributed by atoms with Gasteiger partial charge in [-0.15, -0.1) is 0 Å². The summed E-state index contributed by atoms with van der Waals surface area (Å²) < 4.78 is 1.77. The Labute approximate surface area is 153 Å². The Bertz CT molecular complexity index is 875. The molecular formula is C20H23N5O. The molecule has 0 aliphatic carbocycles. The fourth-order valence-corrected chi connectivity index (χ4v) is 2.74. The van der Waals surface area contributed by atoms with E-state index in [2.05, 4.69) is 34.2 Å². The van der Waals surface area contributed by atoms with Crippen molar-refractivity contribution in [2.24, 2.45) is 7.05 Å². The minimum Gasteiger partial charge on any atom is -0.320 e. The van der Waals surface area contributed by atoms with E-state index in [4.69, 9.17) is 0 Å². The van der Waals surface area contributed by atoms with Gasteiger partial charge >= 0.3 is 0 Å². The molecule has 0 bridgehead atoms. The van der Waals surface area contributed by atoms with Crippen molar-refractivity contribution >= 4 is 11.9 Å². The van der Waals surface area contributed by atoms with Gasteiger partial charge in [0.15, 0.2) is 0 Å². The number of anilines is 1. The molecule has 6 nitrogen and oxygen atoms in total. The Morgan fingerprint density at radius 3 is 2.73 bits per heavy atom. The van der Waals surface area contributed by atoms with Crippen molar-refractivity contribution in [1.82, 2.24) is 19.4 Å². The average molecular weight is 349 g/mol. The molecule has 0 aliphatic heterocycles. The maximum absolute atomic E-state index is 12.5. The van der Waals surface area contributed by atoms with Gasteiger partial charge < -0.3 is 4.57 Å². The lowest BCUT2D eigenvalue weighted by molar-refractivity contribution is 0.102. The summed E-state index contributed by atoms with van der Waals surface area (Å²) in [5.41, 5.74) is 2.71. The quantitative estimate of drug-likeness (QED) is 0.742. The number of rotatable bonds is 6. The Hall–Kier alpha value is -2.99. The van der Waals surface area contributed by atoms with Crippen LogP contribution in [0.25, 0.3) is 0 Å². The van der Waals surface area contributed by atoms with E-state index in [0.29, 0.717) is 11.5 Å². The highest BCUT2D eigenvalue weighted by molar-refractivity contribution is 6.03. The summed E-state index contributed by atoms with van der Waals surface area (Å²) in [7, 11) is 3.90. The van der Waals surface area contributed by atoms with Gasteiger partial charge in [0.1, 0.15) is 0 Å². The molecule has 26 heavy (non-hydrogen) atoms. The number of hydrogen-bond donors (Lipinski definition) is 1. The van der Waals surface area contributed by atoms with Crippen LogP contribution in [0, 0.1) is 0 Å². The summed E-state index contributed by atoms with van der Waals surface area (Å²) in [6.07, 6.45) is 5.25. The van der Waals surface area contributed by atoms with Crippen LogP contribution in [-0.4, -0.2) is 32.4 Å². The summed E-state index contributed by atoms with van der Waals surface area (Å²) in [5, 5.41) is 2.82. The van der Waals surface area contributed by atoms with Crippen LogP contribution in [0.4, 0.5) is 5.95 Å². The molecule has 134 valence electrons. The second-order valence-electron chi connectivity index (χ2n) is 6.36. The van der Waals surface area contributed by atoms with E-state index in [1.54, 1.807) is 17.0 Å². The number of aryl methyl sites for hydroxylation is 1. The van der Waals surface area contributed by atoms with E-state index >= 15 is 0 Å². The average Bonchev–Trinajstić information content (AvgIpc) is 3.06. The molecule has 1 N–H and O–H groups in total. The van der Waals surface area contributed by atoms with Gasteiger partial charge in [-0.3, -0.25) is 20.0 Å². The van der Waals surface area contributed by atoms with E-state index in [1.165, 1.54) is 0 Å². The maximum atomic E-state index is 12.5. The normalized spacial score (nSPS) is 12.2. The molecule has 1 unspecified atom stereocenters. The molecule has 0 saturated carbocycles. The number of imidazole rings is 1. The van der Waals surface area contributed by atoms with Gasteiger partial charge in [0, 0.05) is 43.8 Å². The molecule has 0 radical (unpaired) electrons. The molecule has 6 heteroatoms. The largest absolute Gasteiger partial charge is 0.320 e. The third-order valence-electron chi connectivity index (χ3n) is 4.44. The molecule has 2 aromatic heterocycles. The van der Waals surface area contributed by atoms with Crippen molar-refractivity contribution in [2.75, 3.05) is 12.4 Å². The van der Waals surface area contributed by atoms with Crippen molar-refractivity contribution in [3.8, 4) is 0 Å². The number of carbonyl (C=O) groups is 1. The topological polar surface area (TPSA) is 63.1 Å². The first-order valence-electron chi connectivity index (χ1n) is 8.53. The fraction of sp³-hybridized carbons (Fsp3) is 0.250. The van der Waals surface area contributed by atoms with E-state index in [9.17, 15) is 4.79 Å². The molecule has 0 fully saturated rings. The zero-order chi connectivity index (χ0) is 18.5. The zero-order valence-corrected chi connectivity index (χ0v) is 15.3. The summed E-state index contributed by atoms with van der Waals surface area (Å²) in [6.45, 7) is 2.85. The lowest BCUT2D eigenvalue weighted by Gasteiger charge is -2.24. The number of nitrogens with zero attached hydrogens (tertiary/aromatic N) is 4. The highest BCUT2D eigenvalue weighted by atomic mass is 16.1. The molecule has 1 aromatic carbocycles. The van der Waals surface area contributed by atoms with Gasteiger partial charge in [-0.25, -0.2) is 4.98 Å². The lowest BCUT2D eigenvalue weighted by atomic mass is 10.1. The predicted octanol–water partition coefficient (Wildman–Crippen LogP) is 3.26. The highest BCUT2D eigenvalue weighted by Crippen LogP contribution is 2.19. The highest BCUT2D eigenvalue weighted by Gasteiger charge is 2.14. The Kier molecular flexibility index (Phi) is 5.43. The summed E-state index contributed by atoms with van der Waals surface area (Å²) in [4.78, 5) is 23.2. The van der Waals surface area contributed by atoms with Crippen LogP contribution in [0.15, 0.2) is 61.1 Å². The van der Waals surface area contributed by atoms with Crippen molar-refractivity contribution in [2.45, 2.75) is 19.5 Å². The summed E-state index contributed by atoms with van der Waals surface area (Å²) in [5.74, 6) is 0.364. The number of aromatic nitrogens is 3. The molecule has 0 aliphatic rings. The van der Waals surface area contributed by atoms with Crippen molar-refractivity contribution in [3.63, 3.8) is 0 Å². The SMILES string of the molecule is CC(c1ccccn1)N(C)Cc1cccc(C(=O)Nc2nccn2C)c1. The first-order chi connectivity index (χ1) is 12.5. The van der Waals surface area contributed by atoms with Gasteiger partial charge in [0.25, 0.3) is 5.91 Å². The molecule has 3 aromatic rings. The number of pyridine rings is 1. The van der Waals surface area contributed by atoms with E-state index in [0.717, 1.165) is 17.8 Å². The van der Waals surface area contributed by atoms with Gasteiger partial charge in [-0.2, -0.15) is 0 Å². The third-order valence-corrected chi connectivity index (χ3v) is 4.44. The summed E-state index contributed by atoms with van der Waals surface area (Å²) in [6, 6.07) is 13.8. The third kappa shape index (κ3) is 4.15. The first-order valence-corrected chi connectivity index (χ1v) is 8.53. The van der Waals surface area contributed by atoms with Crippen LogP contribution < -0.4 is 5.32 Å². The number of benzene rings is 1. The molecular weight excluding hydrogens is 326 g/mol. The van der Waals surface area contributed by atoms with Crippen molar-refractivity contribution in [3.05, 3.63) is 77.9 Å². The fourth-order valence-electron chi connectivity index (χ4n) is 2.74. The van der Waals surface area contributed by atoms with Gasteiger partial charge in [-0.1, -0.05) is 18.2 Å². The number of amides is 1. The lowest BCUT2D eigenvalue weighted by Crippen LogP contribution is -2.23. The van der Waals surface area contributed by atoms with Crippen LogP contribution in [-0.2, 0) is 13.6 Å². The molecule has 3 rings (SSSR count). The Morgan fingerprint density at radius 2 is 2.04 bits per heavy atom. The van der Waals surface area contributed by atoms with Gasteiger partial charge in [0.2, 0.25) is 5.95 Å². The molecule has 0 saturated heterocycles. The standard InChI is InChI=1S/C20H23N5O/c1-15(18-9-4-5-10-21-18)25(3)14-16-7-6-8-17(13-16)19(26)23-20-22-11-12-24(20)2/h4-13,15H,14H2,1-3H3,(H,22,23,26). The van der Waals surface area contributed by atoms with Crippen LogP contribution >= 0.6 is 0 Å². The minimum atomic E-state index is -0.165. The second-order valence-corrected chi connectivity index (χ2v) is 6.36. The van der Waals surface area contributed by atoms with Crippen molar-refractivity contribution in [1.29, 1.82) is 0 Å². The van der Waals surface area contributed by atoms with Crippen LogP contribution in [0.3, 0.4) is 0 Å². The van der Waals surface area contributed by atoms with E-state index in [1.807, 2.05) is 55.7 Å². The van der Waals surface area contributed by atoms with Crippen LogP contribution in [0.1, 0.15) is 34.6 Å². The zero-order valence-electron chi connectivity index (χ0n) is 15.3. The van der Waals surface area contributed by atoms with Crippen LogP contribution in [0.5, 0.6) is 0 Å². The predicted molar refractivity (Wildman–Crippen MR) is 102 cm³/mol. The Balaban J connectivity index is 1.69. The van der Waals surface area contributed by atoms with E-state index < -0.39 is 0 Å². The summed E-state index contributed by atoms with van der Waals surface area (Å²) >= 11 is 0. The second kappa shape index (κ2) is 7.93. The molecule has 1 amide bonds. The Morgan fingerprint density at radius 1 is 1.19 bits per heavy atom. The van der Waals surface area contributed by atoms with Gasteiger partial charge in [0.05, 0.1) is 5.69 Å². The molecule has 2 heterocycles. The number of carbonyl (C=O) groups excluding carboxylic acids is 1. The number of hydrogen-bond acceptors (Lipinski definition) is 4. The monoisotopic (exact) mass is 349 g/mol. The minimum absolute atomic E-state index is 0.165. The van der Waals surface area contributed by atoms with Gasteiger partial charge in [-0.05, 0) is 43.8 Å². The van der Waals surface area contributed by atoms with Crippen LogP contribution in [0.2, 0.25) is 0 Å². The smallest absolute Gasteiger partial charge is 0.257 e. The van der Waals surface area contributed by atoms with Crippen molar-refractivity contribution < 1.29 is 4.79 Å². The molecule has 0 spiro atoms. The molecule has 1 atom stereocenters. The first kappa shape index (κ1) is 17.8.